The lowest BCUT2D eigenvalue weighted by atomic mass is 10.1. The van der Waals surface area contributed by atoms with Gasteiger partial charge >= 0.3 is 11.9 Å². The van der Waals surface area contributed by atoms with E-state index in [1.807, 2.05) is 0 Å². The summed E-state index contributed by atoms with van der Waals surface area (Å²) in [5.74, 6) is -0.495. The Morgan fingerprint density at radius 1 is 1.08 bits per heavy atom. The largest absolute Gasteiger partial charge is 0.488 e. The zero-order chi connectivity index (χ0) is 18.4. The topological polar surface area (TPSA) is 77.6 Å². The molecule has 0 fully saturated rings. The lowest BCUT2D eigenvalue weighted by Gasteiger charge is -2.08. The van der Waals surface area contributed by atoms with Crippen molar-refractivity contribution in [1.82, 2.24) is 4.98 Å². The number of rotatable bonds is 7. The number of para-hydroxylation sites is 1. The van der Waals surface area contributed by atoms with Gasteiger partial charge in [-0.05, 0) is 38.5 Å². The first-order chi connectivity index (χ1) is 12.0. The van der Waals surface area contributed by atoms with Crippen molar-refractivity contribution in [2.45, 2.75) is 20.8 Å². The second-order valence-electron chi connectivity index (χ2n) is 5.26. The van der Waals surface area contributed by atoms with E-state index in [1.165, 1.54) is 0 Å². The summed E-state index contributed by atoms with van der Waals surface area (Å²) in [5, 5.41) is 0.490. The van der Waals surface area contributed by atoms with Crippen molar-refractivity contribution in [2.24, 2.45) is 0 Å². The van der Waals surface area contributed by atoms with Crippen LogP contribution in [-0.2, 0) is 9.47 Å². The Hall–Kier alpha value is -2.47. The molecule has 0 radical (unpaired) electrons. The number of hydrogen-bond acceptors (Lipinski definition) is 5. The SMILES string of the molecule is CCOC(=O)c1c(C)[nH]c(C(=O)OCCOc2ccccc2Cl)c1C. The van der Waals surface area contributed by atoms with Crippen LogP contribution in [0.25, 0.3) is 0 Å². The Labute approximate surface area is 151 Å². The Morgan fingerprint density at radius 2 is 1.80 bits per heavy atom. The third-order valence-electron chi connectivity index (χ3n) is 3.53. The van der Waals surface area contributed by atoms with E-state index in [0.29, 0.717) is 27.6 Å². The molecule has 0 aliphatic heterocycles. The van der Waals surface area contributed by atoms with Gasteiger partial charge in [-0.2, -0.15) is 0 Å². The molecule has 1 heterocycles. The quantitative estimate of drug-likeness (QED) is 0.598. The molecule has 2 rings (SSSR count). The van der Waals surface area contributed by atoms with E-state index in [9.17, 15) is 9.59 Å². The van der Waals surface area contributed by atoms with Crippen LogP contribution in [0.5, 0.6) is 5.75 Å². The van der Waals surface area contributed by atoms with Crippen LogP contribution in [-0.4, -0.2) is 36.7 Å². The Balaban J connectivity index is 1.94. The van der Waals surface area contributed by atoms with E-state index in [-0.39, 0.29) is 25.5 Å². The van der Waals surface area contributed by atoms with Crippen molar-refractivity contribution in [3.05, 3.63) is 51.8 Å². The predicted octanol–water partition coefficient (Wildman–Crippen LogP) is 3.70. The predicted molar refractivity (Wildman–Crippen MR) is 93.5 cm³/mol. The van der Waals surface area contributed by atoms with E-state index in [0.717, 1.165) is 0 Å². The van der Waals surface area contributed by atoms with Crippen molar-refractivity contribution in [3.8, 4) is 5.75 Å². The third kappa shape index (κ3) is 4.54. The number of aromatic nitrogens is 1. The normalized spacial score (nSPS) is 10.4. The summed E-state index contributed by atoms with van der Waals surface area (Å²) >= 11 is 5.98. The van der Waals surface area contributed by atoms with E-state index >= 15 is 0 Å². The van der Waals surface area contributed by atoms with Gasteiger partial charge in [0.25, 0.3) is 0 Å². The summed E-state index contributed by atoms with van der Waals surface area (Å²) < 4.78 is 15.6. The number of aromatic amines is 1. The van der Waals surface area contributed by atoms with Crippen LogP contribution < -0.4 is 4.74 Å². The number of halogens is 1. The lowest BCUT2D eigenvalue weighted by Crippen LogP contribution is -2.14. The molecule has 6 nitrogen and oxygen atoms in total. The Bertz CT molecular complexity index is 769. The van der Waals surface area contributed by atoms with Crippen molar-refractivity contribution in [1.29, 1.82) is 0 Å². The summed E-state index contributed by atoms with van der Waals surface area (Å²) in [4.78, 5) is 27.0. The smallest absolute Gasteiger partial charge is 0.355 e. The summed E-state index contributed by atoms with van der Waals surface area (Å²) in [7, 11) is 0. The standard InChI is InChI=1S/C18H20ClNO5/c1-4-23-17(21)15-11(2)16(20-12(15)3)18(22)25-10-9-24-14-8-6-5-7-13(14)19/h5-8,20H,4,9-10H2,1-3H3. The molecule has 1 aromatic heterocycles. The maximum absolute atomic E-state index is 12.2. The molecule has 1 aromatic carbocycles. The fourth-order valence-corrected chi connectivity index (χ4v) is 2.57. The molecule has 2 aromatic rings. The van der Waals surface area contributed by atoms with Crippen LogP contribution in [0.4, 0.5) is 0 Å². The number of esters is 2. The van der Waals surface area contributed by atoms with Gasteiger partial charge in [-0.15, -0.1) is 0 Å². The summed E-state index contributed by atoms with van der Waals surface area (Å²) in [6.45, 7) is 5.59. The number of hydrogen-bond donors (Lipinski definition) is 1. The number of benzene rings is 1. The number of aryl methyl sites for hydroxylation is 1. The number of H-pyrrole nitrogens is 1. The molecule has 0 amide bonds. The van der Waals surface area contributed by atoms with Gasteiger partial charge in [0.1, 0.15) is 24.7 Å². The van der Waals surface area contributed by atoms with Crippen LogP contribution in [0.2, 0.25) is 5.02 Å². The molecule has 0 saturated heterocycles. The minimum atomic E-state index is -0.557. The fraction of sp³-hybridized carbons (Fsp3) is 0.333. The highest BCUT2D eigenvalue weighted by Crippen LogP contribution is 2.23. The van der Waals surface area contributed by atoms with Crippen LogP contribution in [0.3, 0.4) is 0 Å². The first kappa shape index (κ1) is 18.9. The molecular weight excluding hydrogens is 346 g/mol. The van der Waals surface area contributed by atoms with Gasteiger partial charge in [-0.25, -0.2) is 9.59 Å². The molecule has 25 heavy (non-hydrogen) atoms. The average Bonchev–Trinajstić information content (AvgIpc) is 2.88. The van der Waals surface area contributed by atoms with Gasteiger partial charge in [-0.1, -0.05) is 23.7 Å². The maximum Gasteiger partial charge on any atom is 0.355 e. The molecule has 0 aliphatic carbocycles. The van der Waals surface area contributed by atoms with Crippen molar-refractivity contribution < 1.29 is 23.8 Å². The van der Waals surface area contributed by atoms with E-state index in [4.69, 9.17) is 25.8 Å². The second kappa shape index (κ2) is 8.58. The van der Waals surface area contributed by atoms with Crippen molar-refractivity contribution >= 4 is 23.5 Å². The molecule has 7 heteroatoms. The number of carbonyl (C=O) groups is 2. The molecule has 0 spiro atoms. The minimum Gasteiger partial charge on any atom is -0.488 e. The highest BCUT2D eigenvalue weighted by atomic mass is 35.5. The first-order valence-electron chi connectivity index (χ1n) is 7.86. The summed E-state index contributed by atoms with van der Waals surface area (Å²) in [6, 6.07) is 7.04. The van der Waals surface area contributed by atoms with Crippen molar-refractivity contribution in [3.63, 3.8) is 0 Å². The van der Waals surface area contributed by atoms with Gasteiger partial charge in [0.2, 0.25) is 0 Å². The number of nitrogens with one attached hydrogen (secondary N) is 1. The van der Waals surface area contributed by atoms with E-state index < -0.39 is 11.9 Å². The van der Waals surface area contributed by atoms with Crippen LogP contribution in [0.15, 0.2) is 24.3 Å². The Kier molecular flexibility index (Phi) is 6.47. The third-order valence-corrected chi connectivity index (χ3v) is 3.84. The van der Waals surface area contributed by atoms with E-state index in [2.05, 4.69) is 4.98 Å². The van der Waals surface area contributed by atoms with Crippen LogP contribution in [0.1, 0.15) is 39.0 Å². The molecular formula is C18H20ClNO5. The van der Waals surface area contributed by atoms with Gasteiger partial charge in [-0.3, -0.25) is 0 Å². The Morgan fingerprint density at radius 3 is 2.48 bits per heavy atom. The summed E-state index contributed by atoms with van der Waals surface area (Å²) in [6.07, 6.45) is 0. The second-order valence-corrected chi connectivity index (χ2v) is 5.67. The van der Waals surface area contributed by atoms with Crippen LogP contribution >= 0.6 is 11.6 Å². The molecule has 1 N–H and O–H groups in total. The number of ether oxygens (including phenoxy) is 3. The maximum atomic E-state index is 12.2. The lowest BCUT2D eigenvalue weighted by molar-refractivity contribution is 0.0443. The zero-order valence-electron chi connectivity index (χ0n) is 14.3. The fourth-order valence-electron chi connectivity index (χ4n) is 2.38. The monoisotopic (exact) mass is 365 g/mol. The minimum absolute atomic E-state index is 0.0519. The van der Waals surface area contributed by atoms with E-state index in [1.54, 1.807) is 45.0 Å². The number of carbonyl (C=O) groups excluding carboxylic acids is 2. The van der Waals surface area contributed by atoms with Gasteiger partial charge in [0.15, 0.2) is 0 Å². The molecule has 0 aliphatic rings. The highest BCUT2D eigenvalue weighted by molar-refractivity contribution is 6.32. The molecule has 134 valence electrons. The molecule has 0 unspecified atom stereocenters. The van der Waals surface area contributed by atoms with Crippen molar-refractivity contribution in [2.75, 3.05) is 19.8 Å². The highest BCUT2D eigenvalue weighted by Gasteiger charge is 2.23. The van der Waals surface area contributed by atoms with Gasteiger partial charge in [0.05, 0.1) is 17.2 Å². The summed E-state index contributed by atoms with van der Waals surface area (Å²) in [5.41, 5.74) is 1.67. The van der Waals surface area contributed by atoms with Gasteiger partial charge in [0, 0.05) is 5.69 Å². The molecule has 0 bridgehead atoms. The first-order valence-corrected chi connectivity index (χ1v) is 8.24. The average molecular weight is 366 g/mol. The zero-order valence-corrected chi connectivity index (χ0v) is 15.1. The van der Waals surface area contributed by atoms with Gasteiger partial charge < -0.3 is 19.2 Å². The van der Waals surface area contributed by atoms with Crippen LogP contribution in [0, 0.1) is 13.8 Å². The molecule has 0 atom stereocenters. The molecule has 0 saturated carbocycles.